The highest BCUT2D eigenvalue weighted by Gasteiger charge is 2.18. The van der Waals surface area contributed by atoms with E-state index in [0.29, 0.717) is 11.1 Å². The molecule has 204 valence electrons. The molecule has 0 amide bonds. The van der Waals surface area contributed by atoms with E-state index in [-0.39, 0.29) is 0 Å². The van der Waals surface area contributed by atoms with Crippen LogP contribution in [0.15, 0.2) is 109 Å². The van der Waals surface area contributed by atoms with Crippen LogP contribution in [0, 0.1) is 22.7 Å². The Morgan fingerprint density at radius 2 is 1.05 bits per heavy atom. The minimum atomic E-state index is -1.44. The molecule has 1 heterocycles. The molecule has 7 aromatic rings. The molecular weight excluding hydrogens is 559 g/mol. The van der Waals surface area contributed by atoms with Gasteiger partial charge in [-0.1, -0.05) is 67.3 Å². The summed E-state index contributed by atoms with van der Waals surface area (Å²) in [6.07, 6.45) is 0. The van der Waals surface area contributed by atoms with Gasteiger partial charge in [0.25, 0.3) is 0 Å². The second-order valence-corrected chi connectivity index (χ2v) is 18.1. The summed E-state index contributed by atoms with van der Waals surface area (Å²) in [4.78, 5) is 5.09. The third kappa shape index (κ3) is 5.11. The van der Waals surface area contributed by atoms with Gasteiger partial charge < -0.3 is 0 Å². The maximum atomic E-state index is 9.34. The normalized spacial score (nSPS) is 11.6. The summed E-state index contributed by atoms with van der Waals surface area (Å²) in [6.45, 7) is 7.13. The van der Waals surface area contributed by atoms with Gasteiger partial charge >= 0.3 is 0 Å². The SMILES string of the molecule is C[Si](C)(C)c1ccc2nc(-c3cc(-c4ccc5cc(C#N)ccc5c4)cc(-c4ccc5cc(C#N)ccc5c4)c3)sc2c1. The van der Waals surface area contributed by atoms with Gasteiger partial charge in [-0.2, -0.15) is 10.5 Å². The molecule has 0 bridgehead atoms. The molecule has 6 aromatic carbocycles. The van der Waals surface area contributed by atoms with Gasteiger partial charge in [0.1, 0.15) is 5.01 Å². The lowest BCUT2D eigenvalue weighted by molar-refractivity contribution is 1.47. The van der Waals surface area contributed by atoms with Crippen LogP contribution in [-0.2, 0) is 0 Å². The number of aromatic nitrogens is 1. The first-order chi connectivity index (χ1) is 20.8. The fourth-order valence-corrected chi connectivity index (χ4v) is 7.85. The monoisotopic (exact) mass is 585 g/mol. The molecule has 0 N–H and O–H groups in total. The van der Waals surface area contributed by atoms with Crippen molar-refractivity contribution < 1.29 is 0 Å². The highest BCUT2D eigenvalue weighted by Crippen LogP contribution is 2.38. The van der Waals surface area contributed by atoms with Crippen molar-refractivity contribution in [3.63, 3.8) is 0 Å². The van der Waals surface area contributed by atoms with E-state index in [1.54, 1.807) is 11.3 Å². The molecule has 0 spiro atoms. The number of hydrogen-bond acceptors (Lipinski definition) is 4. The average molecular weight is 586 g/mol. The Morgan fingerprint density at radius 1 is 0.535 bits per heavy atom. The molecule has 0 aliphatic heterocycles. The van der Waals surface area contributed by atoms with Gasteiger partial charge in [-0.25, -0.2) is 4.98 Å². The number of nitriles is 2. The van der Waals surface area contributed by atoms with E-state index in [1.807, 2.05) is 36.4 Å². The Bertz CT molecular complexity index is 2200. The lowest BCUT2D eigenvalue weighted by Gasteiger charge is -2.15. The second kappa shape index (κ2) is 10.3. The van der Waals surface area contributed by atoms with E-state index in [0.717, 1.165) is 59.9 Å². The molecule has 0 radical (unpaired) electrons. The molecule has 0 aliphatic rings. The molecule has 43 heavy (non-hydrogen) atoms. The summed E-state index contributed by atoms with van der Waals surface area (Å²) in [6, 6.07) is 42.5. The Labute approximate surface area is 255 Å². The van der Waals surface area contributed by atoms with Crippen molar-refractivity contribution in [1.82, 2.24) is 4.98 Å². The number of benzene rings is 6. The summed E-state index contributed by atoms with van der Waals surface area (Å²) < 4.78 is 1.22. The second-order valence-electron chi connectivity index (χ2n) is 12.0. The summed E-state index contributed by atoms with van der Waals surface area (Å²) in [7, 11) is -1.44. The number of fused-ring (bicyclic) bond motifs is 3. The Hall–Kier alpha value is -5.07. The van der Waals surface area contributed by atoms with E-state index < -0.39 is 8.07 Å². The largest absolute Gasteiger partial charge is 0.236 e. The zero-order valence-corrected chi connectivity index (χ0v) is 26.0. The van der Waals surface area contributed by atoms with E-state index in [4.69, 9.17) is 4.98 Å². The maximum absolute atomic E-state index is 9.34. The minimum Gasteiger partial charge on any atom is -0.236 e. The first kappa shape index (κ1) is 26.8. The van der Waals surface area contributed by atoms with Crippen molar-refractivity contribution in [2.75, 3.05) is 0 Å². The van der Waals surface area contributed by atoms with Gasteiger partial charge in [0.2, 0.25) is 0 Å². The number of hydrogen-bond donors (Lipinski definition) is 0. The van der Waals surface area contributed by atoms with Gasteiger partial charge in [-0.3, -0.25) is 0 Å². The number of nitrogens with zero attached hydrogens (tertiary/aromatic N) is 3. The lowest BCUT2D eigenvalue weighted by Crippen LogP contribution is -2.37. The van der Waals surface area contributed by atoms with Crippen LogP contribution in [0.2, 0.25) is 19.6 Å². The summed E-state index contributed by atoms with van der Waals surface area (Å²) in [5, 5.41) is 25.4. The van der Waals surface area contributed by atoms with E-state index in [1.165, 1.54) is 9.89 Å². The smallest absolute Gasteiger partial charge is 0.124 e. The number of rotatable bonds is 4. The third-order valence-electron chi connectivity index (χ3n) is 8.04. The highest BCUT2D eigenvalue weighted by atomic mass is 32.1. The predicted molar refractivity (Wildman–Crippen MR) is 183 cm³/mol. The Kier molecular flexibility index (Phi) is 6.44. The van der Waals surface area contributed by atoms with E-state index in [2.05, 4.69) is 105 Å². The maximum Gasteiger partial charge on any atom is 0.124 e. The Balaban J connectivity index is 1.41. The molecule has 7 rings (SSSR count). The molecular formula is C38H27N3SSi. The molecule has 0 atom stereocenters. The van der Waals surface area contributed by atoms with E-state index in [9.17, 15) is 10.5 Å². The van der Waals surface area contributed by atoms with Crippen LogP contribution in [0.25, 0.3) is 64.6 Å². The molecule has 5 heteroatoms. The first-order valence-corrected chi connectivity index (χ1v) is 18.5. The average Bonchev–Trinajstić information content (AvgIpc) is 3.47. The molecule has 0 saturated heterocycles. The molecule has 0 aliphatic carbocycles. The minimum absolute atomic E-state index is 0.663. The van der Waals surface area contributed by atoms with Crippen LogP contribution >= 0.6 is 11.3 Å². The van der Waals surface area contributed by atoms with Crippen LogP contribution in [0.5, 0.6) is 0 Å². The fourth-order valence-electron chi connectivity index (χ4n) is 5.59. The summed E-state index contributed by atoms with van der Waals surface area (Å²) in [5.74, 6) is 0. The van der Waals surface area contributed by atoms with E-state index >= 15 is 0 Å². The molecule has 3 nitrogen and oxygen atoms in total. The van der Waals surface area contributed by atoms with Crippen molar-refractivity contribution in [3.8, 4) is 45.0 Å². The topological polar surface area (TPSA) is 60.5 Å². The zero-order valence-electron chi connectivity index (χ0n) is 24.1. The molecule has 1 aromatic heterocycles. The van der Waals surface area contributed by atoms with Crippen LogP contribution in [0.3, 0.4) is 0 Å². The van der Waals surface area contributed by atoms with Gasteiger partial charge in [-0.15, -0.1) is 11.3 Å². The highest BCUT2D eigenvalue weighted by molar-refractivity contribution is 7.21. The third-order valence-corrected chi connectivity index (χ3v) is 11.2. The standard InChI is InChI=1S/C38H27N3SSi/c1-43(2,3)35-12-13-36-37(21-35)42-38(41-36)34-19-32(30-10-8-26-14-24(22-39)4-6-28(26)16-30)18-33(20-34)31-11-9-27-15-25(23-40)5-7-29(27)17-31/h4-21H,1-3H3. The van der Waals surface area contributed by atoms with Crippen LogP contribution in [-0.4, -0.2) is 13.1 Å². The van der Waals surface area contributed by atoms with Crippen LogP contribution < -0.4 is 5.19 Å². The van der Waals surface area contributed by atoms with Crippen molar-refractivity contribution in [3.05, 3.63) is 120 Å². The van der Waals surface area contributed by atoms with Crippen LogP contribution in [0.1, 0.15) is 11.1 Å². The van der Waals surface area contributed by atoms with Crippen LogP contribution in [0.4, 0.5) is 0 Å². The molecule has 0 unspecified atom stereocenters. The van der Waals surface area contributed by atoms with Crippen molar-refractivity contribution >= 4 is 56.4 Å². The Morgan fingerprint density at radius 3 is 1.58 bits per heavy atom. The summed E-state index contributed by atoms with van der Waals surface area (Å²) >= 11 is 1.75. The fraction of sp³-hybridized carbons (Fsp3) is 0.0789. The van der Waals surface area contributed by atoms with Gasteiger partial charge in [0.05, 0.1) is 41.6 Å². The lowest BCUT2D eigenvalue weighted by atomic mass is 9.93. The summed E-state index contributed by atoms with van der Waals surface area (Å²) in [5.41, 5.74) is 7.90. The molecule has 0 saturated carbocycles. The van der Waals surface area contributed by atoms with Gasteiger partial charge in [0, 0.05) is 5.56 Å². The van der Waals surface area contributed by atoms with Gasteiger partial charge in [-0.05, 0) is 111 Å². The van der Waals surface area contributed by atoms with Crippen molar-refractivity contribution in [2.45, 2.75) is 19.6 Å². The first-order valence-electron chi connectivity index (χ1n) is 14.2. The quantitative estimate of drug-likeness (QED) is 0.193. The predicted octanol–water partition coefficient (Wildman–Crippen LogP) is 9.89. The molecule has 0 fully saturated rings. The van der Waals surface area contributed by atoms with Gasteiger partial charge in [0.15, 0.2) is 0 Å². The zero-order chi connectivity index (χ0) is 29.7. The number of thiazole rings is 1. The van der Waals surface area contributed by atoms with Crippen molar-refractivity contribution in [2.24, 2.45) is 0 Å². The van der Waals surface area contributed by atoms with Crippen molar-refractivity contribution in [1.29, 1.82) is 10.5 Å².